The zero-order valence-electron chi connectivity index (χ0n) is 9.89. The summed E-state index contributed by atoms with van der Waals surface area (Å²) in [4.78, 5) is 10.3. The molecule has 18 heavy (non-hydrogen) atoms. The van der Waals surface area contributed by atoms with Crippen molar-refractivity contribution >= 4 is 29.1 Å². The van der Waals surface area contributed by atoms with Gasteiger partial charge >= 0.3 is 0 Å². The van der Waals surface area contributed by atoms with Crippen molar-refractivity contribution in [1.82, 2.24) is 5.32 Å². The summed E-state index contributed by atoms with van der Waals surface area (Å²) in [5.74, 6) is 2.36. The number of nitro benzene ring substituents is 1. The third-order valence-corrected chi connectivity index (χ3v) is 4.50. The molecule has 2 rings (SSSR count). The number of thioether (sulfide) groups is 1. The van der Waals surface area contributed by atoms with E-state index in [-0.39, 0.29) is 10.7 Å². The molecule has 1 aromatic rings. The van der Waals surface area contributed by atoms with Crippen LogP contribution in [0.1, 0.15) is 18.4 Å². The number of benzene rings is 1. The summed E-state index contributed by atoms with van der Waals surface area (Å²) in [5, 5.41) is 14.4. The van der Waals surface area contributed by atoms with Crippen molar-refractivity contribution in [2.45, 2.75) is 25.4 Å². The van der Waals surface area contributed by atoms with Gasteiger partial charge in [-0.3, -0.25) is 10.1 Å². The maximum Gasteiger partial charge on any atom is 0.288 e. The molecule has 98 valence electrons. The van der Waals surface area contributed by atoms with Gasteiger partial charge in [0, 0.05) is 24.4 Å². The van der Waals surface area contributed by atoms with E-state index in [2.05, 4.69) is 5.32 Å². The molecule has 6 heteroatoms. The number of halogens is 1. The Labute approximate surface area is 115 Å². The van der Waals surface area contributed by atoms with Gasteiger partial charge in [0.25, 0.3) is 5.69 Å². The molecule has 1 aliphatic rings. The van der Waals surface area contributed by atoms with Crippen LogP contribution in [0.5, 0.6) is 0 Å². The van der Waals surface area contributed by atoms with Crippen LogP contribution in [-0.4, -0.2) is 22.5 Å². The molecule has 1 unspecified atom stereocenters. The van der Waals surface area contributed by atoms with Gasteiger partial charge in [-0.25, -0.2) is 0 Å². The maximum atomic E-state index is 10.8. The van der Waals surface area contributed by atoms with Crippen LogP contribution in [0.15, 0.2) is 18.2 Å². The lowest BCUT2D eigenvalue weighted by Gasteiger charge is -2.22. The summed E-state index contributed by atoms with van der Waals surface area (Å²) in [6.07, 6.45) is 2.42. The predicted molar refractivity (Wildman–Crippen MR) is 75.3 cm³/mol. The van der Waals surface area contributed by atoms with Crippen LogP contribution in [0.3, 0.4) is 0 Å². The van der Waals surface area contributed by atoms with Gasteiger partial charge in [0.15, 0.2) is 0 Å². The Morgan fingerprint density at radius 2 is 2.39 bits per heavy atom. The van der Waals surface area contributed by atoms with Gasteiger partial charge in [-0.1, -0.05) is 17.7 Å². The maximum absolute atomic E-state index is 10.8. The molecule has 0 aromatic heterocycles. The van der Waals surface area contributed by atoms with E-state index in [4.69, 9.17) is 11.6 Å². The molecule has 0 saturated carbocycles. The standard InChI is InChI=1S/C12H15ClN2O2S/c13-11-4-3-9(6-12(11)15(16)17)7-14-10-2-1-5-18-8-10/h3-4,6,10,14H,1-2,5,7-8H2. The number of hydrogen-bond acceptors (Lipinski definition) is 4. The molecule has 1 N–H and O–H groups in total. The number of nitro groups is 1. The zero-order valence-corrected chi connectivity index (χ0v) is 11.5. The molecule has 0 radical (unpaired) electrons. The lowest BCUT2D eigenvalue weighted by molar-refractivity contribution is -0.384. The zero-order chi connectivity index (χ0) is 13.0. The molecular weight excluding hydrogens is 272 g/mol. The Hall–Kier alpha value is -0.780. The van der Waals surface area contributed by atoms with Crippen molar-refractivity contribution in [2.75, 3.05) is 11.5 Å². The van der Waals surface area contributed by atoms with Crippen LogP contribution >= 0.6 is 23.4 Å². The monoisotopic (exact) mass is 286 g/mol. The molecule has 1 saturated heterocycles. The lowest BCUT2D eigenvalue weighted by atomic mass is 10.1. The highest BCUT2D eigenvalue weighted by atomic mass is 35.5. The number of hydrogen-bond donors (Lipinski definition) is 1. The van der Waals surface area contributed by atoms with Gasteiger partial charge in [-0.05, 0) is 30.2 Å². The SMILES string of the molecule is O=[N+]([O-])c1cc(CNC2CCCSC2)ccc1Cl. The van der Waals surface area contributed by atoms with E-state index in [1.54, 1.807) is 12.1 Å². The normalized spacial score (nSPS) is 19.7. The summed E-state index contributed by atoms with van der Waals surface area (Å²) in [6, 6.07) is 5.48. The fraction of sp³-hybridized carbons (Fsp3) is 0.500. The first-order chi connectivity index (χ1) is 8.66. The van der Waals surface area contributed by atoms with E-state index >= 15 is 0 Å². The summed E-state index contributed by atoms with van der Waals surface area (Å²) in [7, 11) is 0. The predicted octanol–water partition coefficient (Wildman–Crippen LogP) is 3.23. The van der Waals surface area contributed by atoms with Gasteiger partial charge in [0.05, 0.1) is 4.92 Å². The molecule has 1 heterocycles. The molecule has 1 fully saturated rings. The van der Waals surface area contributed by atoms with E-state index in [1.165, 1.54) is 18.6 Å². The van der Waals surface area contributed by atoms with Crippen molar-refractivity contribution < 1.29 is 4.92 Å². The lowest BCUT2D eigenvalue weighted by Crippen LogP contribution is -2.33. The van der Waals surface area contributed by atoms with Crippen LogP contribution in [-0.2, 0) is 6.54 Å². The third kappa shape index (κ3) is 3.60. The van der Waals surface area contributed by atoms with Crippen molar-refractivity contribution in [3.63, 3.8) is 0 Å². The first-order valence-electron chi connectivity index (χ1n) is 5.91. The van der Waals surface area contributed by atoms with Crippen LogP contribution in [0, 0.1) is 10.1 Å². The van der Waals surface area contributed by atoms with Gasteiger partial charge < -0.3 is 5.32 Å². The second kappa shape index (κ2) is 6.41. The van der Waals surface area contributed by atoms with E-state index < -0.39 is 4.92 Å². The van der Waals surface area contributed by atoms with Gasteiger partial charge in [-0.2, -0.15) is 11.8 Å². The Morgan fingerprint density at radius 1 is 1.56 bits per heavy atom. The minimum Gasteiger partial charge on any atom is -0.309 e. The Morgan fingerprint density at radius 3 is 3.06 bits per heavy atom. The smallest absolute Gasteiger partial charge is 0.288 e. The Bertz CT molecular complexity index is 436. The molecule has 1 atom stereocenters. The van der Waals surface area contributed by atoms with E-state index in [1.807, 2.05) is 17.8 Å². The molecule has 0 bridgehead atoms. The van der Waals surface area contributed by atoms with Crippen molar-refractivity contribution in [3.8, 4) is 0 Å². The molecule has 0 amide bonds. The van der Waals surface area contributed by atoms with Crippen LogP contribution in [0.2, 0.25) is 5.02 Å². The number of rotatable bonds is 4. The topological polar surface area (TPSA) is 55.2 Å². The van der Waals surface area contributed by atoms with Crippen LogP contribution in [0.4, 0.5) is 5.69 Å². The minimum absolute atomic E-state index is 0.0195. The molecular formula is C12H15ClN2O2S. The molecule has 1 aliphatic heterocycles. The fourth-order valence-electron chi connectivity index (χ4n) is 1.97. The second-order valence-electron chi connectivity index (χ2n) is 4.34. The van der Waals surface area contributed by atoms with E-state index in [0.717, 1.165) is 11.3 Å². The summed E-state index contributed by atoms with van der Waals surface area (Å²) in [6.45, 7) is 0.656. The summed E-state index contributed by atoms with van der Waals surface area (Å²) in [5.41, 5.74) is 0.885. The molecule has 0 aliphatic carbocycles. The van der Waals surface area contributed by atoms with Crippen molar-refractivity contribution in [2.24, 2.45) is 0 Å². The molecule has 4 nitrogen and oxygen atoms in total. The average molecular weight is 287 g/mol. The quantitative estimate of drug-likeness (QED) is 0.682. The second-order valence-corrected chi connectivity index (χ2v) is 5.89. The summed E-state index contributed by atoms with van der Waals surface area (Å²) < 4.78 is 0. The van der Waals surface area contributed by atoms with Crippen LogP contribution < -0.4 is 5.32 Å². The first kappa shape index (κ1) is 13.6. The highest BCUT2D eigenvalue weighted by Gasteiger charge is 2.15. The highest BCUT2D eigenvalue weighted by Crippen LogP contribution is 2.25. The Kier molecular flexibility index (Phi) is 4.86. The van der Waals surface area contributed by atoms with Crippen molar-refractivity contribution in [3.05, 3.63) is 38.9 Å². The summed E-state index contributed by atoms with van der Waals surface area (Å²) >= 11 is 7.73. The minimum atomic E-state index is -0.442. The highest BCUT2D eigenvalue weighted by molar-refractivity contribution is 7.99. The molecule has 0 spiro atoms. The third-order valence-electron chi connectivity index (χ3n) is 2.96. The van der Waals surface area contributed by atoms with Crippen molar-refractivity contribution in [1.29, 1.82) is 0 Å². The van der Waals surface area contributed by atoms with Gasteiger partial charge in [0.1, 0.15) is 5.02 Å². The average Bonchev–Trinajstić information content (AvgIpc) is 2.38. The first-order valence-corrected chi connectivity index (χ1v) is 7.44. The van der Waals surface area contributed by atoms with E-state index in [9.17, 15) is 10.1 Å². The Balaban J connectivity index is 1.96. The number of nitrogens with one attached hydrogen (secondary N) is 1. The molecule has 1 aromatic carbocycles. The van der Waals surface area contributed by atoms with Gasteiger partial charge in [-0.15, -0.1) is 0 Å². The van der Waals surface area contributed by atoms with E-state index in [0.29, 0.717) is 12.6 Å². The fourth-order valence-corrected chi connectivity index (χ4v) is 3.27. The van der Waals surface area contributed by atoms with Gasteiger partial charge in [0.2, 0.25) is 0 Å². The van der Waals surface area contributed by atoms with Crippen LogP contribution in [0.25, 0.3) is 0 Å². The number of nitrogens with zero attached hydrogens (tertiary/aromatic N) is 1. The largest absolute Gasteiger partial charge is 0.309 e.